The number of carboxylic acids is 1. The lowest BCUT2D eigenvalue weighted by Crippen LogP contribution is -2.47. The Morgan fingerprint density at radius 2 is 1.55 bits per heavy atom. The highest BCUT2D eigenvalue weighted by Crippen LogP contribution is 2.28. The Morgan fingerprint density at radius 3 is 2.21 bits per heavy atom. The fourth-order valence-electron chi connectivity index (χ4n) is 5.17. The highest BCUT2D eigenvalue weighted by Gasteiger charge is 2.32. The summed E-state index contributed by atoms with van der Waals surface area (Å²) in [5.41, 5.74) is 8.83. The van der Waals surface area contributed by atoms with Crippen LogP contribution in [-0.2, 0) is 9.59 Å². The van der Waals surface area contributed by atoms with Crippen molar-refractivity contribution in [3.05, 3.63) is 48.0 Å². The van der Waals surface area contributed by atoms with Crippen molar-refractivity contribution in [3.63, 3.8) is 0 Å². The van der Waals surface area contributed by atoms with Crippen molar-refractivity contribution < 1.29 is 19.5 Å². The molecule has 1 unspecified atom stereocenters. The van der Waals surface area contributed by atoms with E-state index in [9.17, 15) is 14.4 Å². The van der Waals surface area contributed by atoms with Crippen molar-refractivity contribution in [2.24, 2.45) is 11.8 Å². The fourth-order valence-corrected chi connectivity index (χ4v) is 5.17. The third-order valence-electron chi connectivity index (χ3n) is 7.46. The highest BCUT2D eigenvalue weighted by atomic mass is 16.4. The van der Waals surface area contributed by atoms with Crippen molar-refractivity contribution in [3.8, 4) is 11.3 Å². The molecule has 0 bridgehead atoms. The van der Waals surface area contributed by atoms with E-state index in [1.807, 2.05) is 52.3 Å². The maximum Gasteiger partial charge on any atom is 0.306 e. The molecule has 6 rings (SSSR count). The normalized spacial score (nSPS) is 19.5. The number of nitrogens with zero attached hydrogens (tertiary/aromatic N) is 5. The van der Waals surface area contributed by atoms with E-state index in [4.69, 9.17) is 10.8 Å². The number of rotatable bonds is 4. The van der Waals surface area contributed by atoms with E-state index < -0.39 is 5.97 Å². The van der Waals surface area contributed by atoms with Crippen molar-refractivity contribution >= 4 is 29.4 Å². The van der Waals surface area contributed by atoms with Crippen molar-refractivity contribution in [2.45, 2.75) is 44.9 Å². The van der Waals surface area contributed by atoms with Crippen LogP contribution < -0.4 is 5.73 Å². The lowest BCUT2D eigenvalue weighted by atomic mass is 9.95. The first kappa shape index (κ1) is 25.7. The average molecular weight is 519 g/mol. The van der Waals surface area contributed by atoms with Crippen LogP contribution in [-0.4, -0.2) is 73.5 Å². The summed E-state index contributed by atoms with van der Waals surface area (Å²) < 4.78 is 1.70. The number of aromatic nitrogens is 3. The molecule has 1 aliphatic carbocycles. The maximum atomic E-state index is 13.2. The van der Waals surface area contributed by atoms with Gasteiger partial charge in [-0.2, -0.15) is 4.98 Å². The summed E-state index contributed by atoms with van der Waals surface area (Å²) in [7, 11) is 0. The summed E-state index contributed by atoms with van der Waals surface area (Å²) in [6.45, 7) is 2.92. The molecule has 10 nitrogen and oxygen atoms in total. The van der Waals surface area contributed by atoms with Gasteiger partial charge in [-0.15, -0.1) is 5.10 Å². The first-order valence-corrected chi connectivity index (χ1v) is 13.4. The lowest BCUT2D eigenvalue weighted by molar-refractivity contribution is -0.139. The molecule has 3 aromatic rings. The first-order valence-electron chi connectivity index (χ1n) is 13.4. The lowest BCUT2D eigenvalue weighted by Gasteiger charge is -2.36. The van der Waals surface area contributed by atoms with Crippen molar-refractivity contribution in [2.75, 3.05) is 31.9 Å². The number of likely N-dealkylation sites (tertiary alicyclic amines) is 2. The fraction of sp³-hybridized carbons (Fsp3) is 0.464. The number of piperidine rings is 2. The van der Waals surface area contributed by atoms with Gasteiger partial charge in [-0.1, -0.05) is 18.2 Å². The third kappa shape index (κ3) is 5.79. The number of hydrogen-bond donors (Lipinski definition) is 2. The molecule has 2 aromatic heterocycles. The second-order valence-electron chi connectivity index (χ2n) is 10.3. The predicted molar refractivity (Wildman–Crippen MR) is 142 cm³/mol. The number of carbonyl (C=O) groups is 3. The first-order chi connectivity index (χ1) is 18.4. The second kappa shape index (κ2) is 11.2. The van der Waals surface area contributed by atoms with Crippen molar-refractivity contribution in [1.82, 2.24) is 24.4 Å². The van der Waals surface area contributed by atoms with Crippen LogP contribution in [0.3, 0.4) is 0 Å². The monoisotopic (exact) mass is 518 g/mol. The summed E-state index contributed by atoms with van der Waals surface area (Å²) in [5, 5.41) is 12.3. The zero-order chi connectivity index (χ0) is 26.6. The second-order valence-corrected chi connectivity index (χ2v) is 10.3. The molecule has 0 spiro atoms. The zero-order valence-electron chi connectivity index (χ0n) is 21.5. The minimum absolute atomic E-state index is 0.0177. The average Bonchev–Trinajstić information content (AvgIpc) is 3.74. The predicted octanol–water partition coefficient (Wildman–Crippen LogP) is 3.32. The largest absolute Gasteiger partial charge is 0.481 e. The number of nitrogen functional groups attached to an aromatic ring is 1. The molecule has 1 atom stereocenters. The van der Waals surface area contributed by atoms with Gasteiger partial charge in [0.15, 0.2) is 5.65 Å². The number of fused-ring (bicyclic) bond motifs is 1. The molecule has 2 amide bonds. The Morgan fingerprint density at radius 1 is 0.842 bits per heavy atom. The molecule has 3 aliphatic rings. The number of hydrogen-bond acceptors (Lipinski definition) is 6. The molecule has 38 heavy (non-hydrogen) atoms. The van der Waals surface area contributed by atoms with Gasteiger partial charge in [-0.25, -0.2) is 4.52 Å². The third-order valence-corrected chi connectivity index (χ3v) is 7.46. The topological polar surface area (TPSA) is 134 Å². The Kier molecular flexibility index (Phi) is 7.57. The summed E-state index contributed by atoms with van der Waals surface area (Å²) in [5.74, 6) is -0.267. The van der Waals surface area contributed by atoms with E-state index in [-0.39, 0.29) is 29.6 Å². The maximum absolute atomic E-state index is 13.2. The summed E-state index contributed by atoms with van der Waals surface area (Å²) >= 11 is 0. The molecular formula is C28H34N6O4. The number of pyridine rings is 1. The Hall–Kier alpha value is -3.95. The van der Waals surface area contributed by atoms with Gasteiger partial charge in [0, 0.05) is 37.3 Å². The van der Waals surface area contributed by atoms with E-state index in [1.54, 1.807) is 4.52 Å². The van der Waals surface area contributed by atoms with Gasteiger partial charge in [0.05, 0.1) is 17.5 Å². The minimum Gasteiger partial charge on any atom is -0.481 e. The molecule has 10 heteroatoms. The molecule has 4 heterocycles. The molecular weight excluding hydrogens is 484 g/mol. The SMILES string of the molecule is Nc1nc2cccc(-c3ccc(C(=O)N4CCCC(C(=O)N5CCCCC5)C4)cc3)n2n1.O=C(O)C1CC1. The summed E-state index contributed by atoms with van der Waals surface area (Å²) in [6, 6.07) is 13.2. The standard InChI is InChI=1S/C24H28N6O2.C4H6O2/c25-24-26-21-8-4-7-20(30(21)27-24)17-9-11-18(12-10-17)22(31)29-15-5-6-19(16-29)23(32)28-13-2-1-3-14-28;5-4(6)3-1-2-3/h4,7-12,19H,1-3,5-6,13-16H2,(H2,25,27);3H,1-2H2,(H,5,6). The van der Waals surface area contributed by atoms with Crippen LogP contribution in [0.15, 0.2) is 42.5 Å². The molecule has 1 aromatic carbocycles. The summed E-state index contributed by atoms with van der Waals surface area (Å²) in [4.78, 5) is 43.9. The summed E-state index contributed by atoms with van der Waals surface area (Å²) in [6.07, 6.45) is 6.90. The number of carbonyl (C=O) groups excluding carboxylic acids is 2. The van der Waals surface area contributed by atoms with Crippen molar-refractivity contribution in [1.29, 1.82) is 0 Å². The van der Waals surface area contributed by atoms with Crippen LogP contribution in [0.1, 0.15) is 55.3 Å². The number of nitrogens with two attached hydrogens (primary N) is 1. The highest BCUT2D eigenvalue weighted by molar-refractivity contribution is 5.95. The molecule has 1 saturated carbocycles. The van der Waals surface area contributed by atoms with Crippen LogP contribution in [0.25, 0.3) is 16.9 Å². The Bertz CT molecular complexity index is 1310. The molecule has 0 radical (unpaired) electrons. The number of anilines is 1. The minimum atomic E-state index is -0.630. The van der Waals surface area contributed by atoms with E-state index in [2.05, 4.69) is 10.1 Å². The molecule has 2 aliphatic heterocycles. The van der Waals surface area contributed by atoms with Crippen LogP contribution in [0, 0.1) is 11.8 Å². The number of aliphatic carboxylic acids is 1. The van der Waals surface area contributed by atoms with Gasteiger partial charge in [-0.3, -0.25) is 14.4 Å². The zero-order valence-corrected chi connectivity index (χ0v) is 21.5. The van der Waals surface area contributed by atoms with Gasteiger partial charge in [0.25, 0.3) is 5.91 Å². The van der Waals surface area contributed by atoms with Gasteiger partial charge >= 0.3 is 5.97 Å². The van der Waals surface area contributed by atoms with E-state index in [0.717, 1.165) is 62.9 Å². The molecule has 200 valence electrons. The van der Waals surface area contributed by atoms with Gasteiger partial charge in [-0.05, 0) is 69.2 Å². The smallest absolute Gasteiger partial charge is 0.306 e. The number of amides is 2. The van der Waals surface area contributed by atoms with E-state index in [1.165, 1.54) is 6.42 Å². The Labute approximate surface area is 221 Å². The quantitative estimate of drug-likeness (QED) is 0.541. The number of benzene rings is 1. The molecule has 2 saturated heterocycles. The van der Waals surface area contributed by atoms with Gasteiger partial charge in [0.1, 0.15) is 0 Å². The van der Waals surface area contributed by atoms with E-state index in [0.29, 0.717) is 24.3 Å². The molecule has 3 N–H and O–H groups in total. The van der Waals surface area contributed by atoms with Crippen LogP contribution in [0.4, 0.5) is 5.95 Å². The van der Waals surface area contributed by atoms with Gasteiger partial charge < -0.3 is 20.6 Å². The Balaban J connectivity index is 0.000000433. The van der Waals surface area contributed by atoms with Gasteiger partial charge in [0.2, 0.25) is 11.9 Å². The van der Waals surface area contributed by atoms with Crippen LogP contribution in [0.5, 0.6) is 0 Å². The number of carboxylic acid groups (broad SMARTS) is 1. The van der Waals surface area contributed by atoms with E-state index >= 15 is 0 Å². The van der Waals surface area contributed by atoms with Crippen LogP contribution >= 0.6 is 0 Å². The van der Waals surface area contributed by atoms with Crippen LogP contribution in [0.2, 0.25) is 0 Å². The molecule has 3 fully saturated rings.